The number of aliphatic hydroxyl groups excluding tert-OH is 1. The molecule has 1 rings (SSSR count). The summed E-state index contributed by atoms with van der Waals surface area (Å²) in [5, 5.41) is 9.55. The zero-order chi connectivity index (χ0) is 12.1. The van der Waals surface area contributed by atoms with Crippen LogP contribution in [0.15, 0.2) is 24.3 Å². The molecule has 0 spiro atoms. The molecular formula is C12H16O4. The van der Waals surface area contributed by atoms with Crippen molar-refractivity contribution in [1.29, 1.82) is 0 Å². The van der Waals surface area contributed by atoms with E-state index in [9.17, 15) is 9.90 Å². The van der Waals surface area contributed by atoms with Crippen LogP contribution in [-0.2, 0) is 9.53 Å². The monoisotopic (exact) mass is 224 g/mol. The van der Waals surface area contributed by atoms with E-state index in [1.54, 1.807) is 24.3 Å². The minimum Gasteiger partial charge on any atom is -0.491 e. The fourth-order valence-corrected chi connectivity index (χ4v) is 1.25. The van der Waals surface area contributed by atoms with E-state index in [0.29, 0.717) is 11.3 Å². The lowest BCUT2D eigenvalue weighted by Gasteiger charge is -2.12. The normalized spacial score (nSPS) is 12.3. The van der Waals surface area contributed by atoms with Crippen LogP contribution in [0.2, 0.25) is 0 Å². The Hall–Kier alpha value is -1.55. The van der Waals surface area contributed by atoms with Gasteiger partial charge in [0.25, 0.3) is 0 Å². The molecule has 4 nitrogen and oxygen atoms in total. The molecule has 0 saturated carbocycles. The Morgan fingerprint density at radius 2 is 1.81 bits per heavy atom. The average Bonchev–Trinajstić information content (AvgIpc) is 2.27. The second-order valence-electron chi connectivity index (χ2n) is 3.66. The van der Waals surface area contributed by atoms with E-state index in [1.165, 1.54) is 7.11 Å². The predicted molar refractivity (Wildman–Crippen MR) is 59.2 cm³/mol. The quantitative estimate of drug-likeness (QED) is 0.790. The molecule has 0 bridgehead atoms. The lowest BCUT2D eigenvalue weighted by Crippen LogP contribution is -2.13. The van der Waals surface area contributed by atoms with Crippen molar-refractivity contribution in [3.8, 4) is 5.75 Å². The molecule has 1 aromatic rings. The Balaban J connectivity index is 2.74. The van der Waals surface area contributed by atoms with Gasteiger partial charge in [0, 0.05) is 0 Å². The first-order valence-corrected chi connectivity index (χ1v) is 5.07. The average molecular weight is 224 g/mol. The molecule has 0 amide bonds. The summed E-state index contributed by atoms with van der Waals surface area (Å²) in [6.45, 7) is 3.86. The summed E-state index contributed by atoms with van der Waals surface area (Å²) < 4.78 is 9.88. The molecule has 0 saturated heterocycles. The molecule has 0 aromatic heterocycles. The van der Waals surface area contributed by atoms with E-state index in [2.05, 4.69) is 4.74 Å². The second-order valence-corrected chi connectivity index (χ2v) is 3.66. The molecule has 1 unspecified atom stereocenters. The van der Waals surface area contributed by atoms with E-state index in [1.807, 2.05) is 13.8 Å². The fraction of sp³-hybridized carbons (Fsp3) is 0.417. The third kappa shape index (κ3) is 3.24. The summed E-state index contributed by atoms with van der Waals surface area (Å²) in [6.07, 6.45) is -1.14. The molecule has 0 aliphatic carbocycles. The van der Waals surface area contributed by atoms with Crippen molar-refractivity contribution in [2.24, 2.45) is 0 Å². The lowest BCUT2D eigenvalue weighted by molar-refractivity contribution is -0.150. The molecule has 0 aliphatic heterocycles. The maximum atomic E-state index is 11.1. The van der Waals surface area contributed by atoms with Gasteiger partial charge in [-0.25, -0.2) is 4.79 Å². The number of hydrogen-bond acceptors (Lipinski definition) is 4. The van der Waals surface area contributed by atoms with E-state index in [4.69, 9.17) is 4.74 Å². The molecule has 0 aliphatic rings. The van der Waals surface area contributed by atoms with Gasteiger partial charge in [-0.2, -0.15) is 0 Å². The van der Waals surface area contributed by atoms with E-state index >= 15 is 0 Å². The number of esters is 1. The van der Waals surface area contributed by atoms with Gasteiger partial charge in [0.2, 0.25) is 0 Å². The molecule has 1 atom stereocenters. The minimum absolute atomic E-state index is 0.0939. The third-order valence-electron chi connectivity index (χ3n) is 1.99. The molecule has 0 heterocycles. The zero-order valence-electron chi connectivity index (χ0n) is 9.64. The summed E-state index contributed by atoms with van der Waals surface area (Å²) in [5.41, 5.74) is 0.489. The van der Waals surface area contributed by atoms with Crippen LogP contribution in [0.25, 0.3) is 0 Å². The molecule has 88 valence electrons. The maximum absolute atomic E-state index is 11.1. The summed E-state index contributed by atoms with van der Waals surface area (Å²) in [6, 6.07) is 6.70. The number of hydrogen-bond donors (Lipinski definition) is 1. The van der Waals surface area contributed by atoms with E-state index < -0.39 is 12.1 Å². The van der Waals surface area contributed by atoms with Crippen LogP contribution in [0.1, 0.15) is 25.5 Å². The summed E-state index contributed by atoms with van der Waals surface area (Å²) in [5.74, 6) is 0.0355. The van der Waals surface area contributed by atoms with Gasteiger partial charge >= 0.3 is 5.97 Å². The molecule has 1 aromatic carbocycles. The van der Waals surface area contributed by atoms with Gasteiger partial charge in [-0.15, -0.1) is 0 Å². The van der Waals surface area contributed by atoms with Crippen molar-refractivity contribution in [2.45, 2.75) is 26.1 Å². The Bertz CT molecular complexity index is 343. The van der Waals surface area contributed by atoms with E-state index in [0.717, 1.165) is 0 Å². The molecule has 16 heavy (non-hydrogen) atoms. The van der Waals surface area contributed by atoms with Gasteiger partial charge in [0.1, 0.15) is 5.75 Å². The first kappa shape index (κ1) is 12.5. The van der Waals surface area contributed by atoms with Crippen LogP contribution in [0.3, 0.4) is 0 Å². The minimum atomic E-state index is -1.24. The SMILES string of the molecule is COC(=O)C(O)c1ccc(OC(C)C)cc1. The van der Waals surface area contributed by atoms with Crippen LogP contribution < -0.4 is 4.74 Å². The number of rotatable bonds is 4. The molecule has 1 N–H and O–H groups in total. The summed E-state index contributed by atoms with van der Waals surface area (Å²) in [4.78, 5) is 11.1. The zero-order valence-corrected chi connectivity index (χ0v) is 9.64. The van der Waals surface area contributed by atoms with Crippen LogP contribution in [0.4, 0.5) is 0 Å². The summed E-state index contributed by atoms with van der Waals surface area (Å²) in [7, 11) is 1.24. The van der Waals surface area contributed by atoms with Gasteiger partial charge in [-0.05, 0) is 31.5 Å². The van der Waals surface area contributed by atoms with Crippen molar-refractivity contribution >= 4 is 5.97 Å². The highest BCUT2D eigenvalue weighted by Gasteiger charge is 2.17. The molecule has 4 heteroatoms. The Morgan fingerprint density at radius 1 is 1.25 bits per heavy atom. The van der Waals surface area contributed by atoms with Crippen LogP contribution >= 0.6 is 0 Å². The topological polar surface area (TPSA) is 55.8 Å². The number of aliphatic hydroxyl groups is 1. The van der Waals surface area contributed by atoms with Crippen molar-refractivity contribution < 1.29 is 19.4 Å². The smallest absolute Gasteiger partial charge is 0.339 e. The van der Waals surface area contributed by atoms with Crippen molar-refractivity contribution in [1.82, 2.24) is 0 Å². The lowest BCUT2D eigenvalue weighted by atomic mass is 10.1. The van der Waals surface area contributed by atoms with Gasteiger partial charge in [0.05, 0.1) is 13.2 Å². The number of benzene rings is 1. The Morgan fingerprint density at radius 3 is 2.25 bits per heavy atom. The van der Waals surface area contributed by atoms with Crippen molar-refractivity contribution in [3.05, 3.63) is 29.8 Å². The van der Waals surface area contributed by atoms with Crippen LogP contribution in [0, 0.1) is 0 Å². The Kier molecular flexibility index (Phi) is 4.31. The largest absolute Gasteiger partial charge is 0.491 e. The number of carbonyl (C=O) groups is 1. The fourth-order valence-electron chi connectivity index (χ4n) is 1.25. The highest BCUT2D eigenvalue weighted by atomic mass is 16.5. The van der Waals surface area contributed by atoms with Gasteiger partial charge in [-0.3, -0.25) is 0 Å². The molecular weight excluding hydrogens is 208 g/mol. The highest BCUT2D eigenvalue weighted by molar-refractivity contribution is 5.76. The first-order valence-electron chi connectivity index (χ1n) is 5.07. The van der Waals surface area contributed by atoms with Gasteiger partial charge in [0.15, 0.2) is 6.10 Å². The standard InChI is InChI=1S/C12H16O4/c1-8(2)16-10-6-4-9(5-7-10)11(13)12(14)15-3/h4-8,11,13H,1-3H3. The highest BCUT2D eigenvalue weighted by Crippen LogP contribution is 2.19. The second kappa shape index (κ2) is 5.51. The van der Waals surface area contributed by atoms with E-state index in [-0.39, 0.29) is 6.10 Å². The molecule has 0 radical (unpaired) electrons. The third-order valence-corrected chi connectivity index (χ3v) is 1.99. The number of methoxy groups -OCH3 is 1. The van der Waals surface area contributed by atoms with Crippen LogP contribution in [-0.4, -0.2) is 24.3 Å². The van der Waals surface area contributed by atoms with Gasteiger partial charge in [-0.1, -0.05) is 12.1 Å². The first-order chi connectivity index (χ1) is 7.54. The van der Waals surface area contributed by atoms with Crippen molar-refractivity contribution in [2.75, 3.05) is 7.11 Å². The number of carbonyl (C=O) groups excluding carboxylic acids is 1. The van der Waals surface area contributed by atoms with Crippen LogP contribution in [0.5, 0.6) is 5.75 Å². The predicted octanol–water partition coefficient (Wildman–Crippen LogP) is 1.68. The Labute approximate surface area is 94.8 Å². The number of ether oxygens (including phenoxy) is 2. The molecule has 0 fully saturated rings. The van der Waals surface area contributed by atoms with Crippen molar-refractivity contribution in [3.63, 3.8) is 0 Å². The van der Waals surface area contributed by atoms with Gasteiger partial charge < -0.3 is 14.6 Å². The maximum Gasteiger partial charge on any atom is 0.339 e. The summed E-state index contributed by atoms with van der Waals surface area (Å²) >= 11 is 0.